The zero-order valence-corrected chi connectivity index (χ0v) is 6.21. The lowest BCUT2D eigenvalue weighted by molar-refractivity contribution is -0.117. The standard InChI is InChI=1S/C6H5F6N/c7-5(8,9)3-4(6(10,11)12)13-1-2-13/h3H,1-2H2/b4-3+. The van der Waals surface area contributed by atoms with Crippen molar-refractivity contribution in [2.75, 3.05) is 13.1 Å². The van der Waals surface area contributed by atoms with Gasteiger partial charge >= 0.3 is 12.4 Å². The largest absolute Gasteiger partial charge is 0.431 e. The second-order valence-corrected chi connectivity index (χ2v) is 2.56. The van der Waals surface area contributed by atoms with E-state index in [0.29, 0.717) is 4.90 Å². The first-order valence-electron chi connectivity index (χ1n) is 3.32. The van der Waals surface area contributed by atoms with Crippen LogP contribution in [0.4, 0.5) is 26.3 Å². The summed E-state index contributed by atoms with van der Waals surface area (Å²) in [6.45, 7) is 0.0584. The predicted molar refractivity (Wildman–Crippen MR) is 31.8 cm³/mol. The lowest BCUT2D eigenvalue weighted by atomic mass is 10.4. The van der Waals surface area contributed by atoms with Crippen LogP contribution in [-0.4, -0.2) is 30.3 Å². The van der Waals surface area contributed by atoms with Crippen LogP contribution in [0.3, 0.4) is 0 Å². The molecule has 1 aliphatic rings. The molecule has 0 aromatic carbocycles. The van der Waals surface area contributed by atoms with Crippen LogP contribution in [0.2, 0.25) is 0 Å². The van der Waals surface area contributed by atoms with Crippen LogP contribution in [-0.2, 0) is 0 Å². The van der Waals surface area contributed by atoms with E-state index in [0.717, 1.165) is 0 Å². The summed E-state index contributed by atoms with van der Waals surface area (Å²) in [5, 5.41) is 0. The minimum atomic E-state index is -4.92. The van der Waals surface area contributed by atoms with Gasteiger partial charge in [-0.05, 0) is 0 Å². The molecule has 0 amide bonds. The average Bonchev–Trinajstić information content (AvgIpc) is 2.58. The van der Waals surface area contributed by atoms with Gasteiger partial charge in [0.2, 0.25) is 0 Å². The highest BCUT2D eigenvalue weighted by Gasteiger charge is 2.44. The van der Waals surface area contributed by atoms with Crippen molar-refractivity contribution in [2.45, 2.75) is 12.4 Å². The number of halogens is 6. The minimum absolute atomic E-state index is 0.0292. The molecule has 0 aromatic rings. The topological polar surface area (TPSA) is 3.01 Å². The van der Waals surface area contributed by atoms with Crippen molar-refractivity contribution in [3.05, 3.63) is 11.8 Å². The van der Waals surface area contributed by atoms with Crippen LogP contribution in [0.25, 0.3) is 0 Å². The Balaban J connectivity index is 2.85. The Bertz CT molecular complexity index is 220. The Labute approximate surface area is 69.6 Å². The predicted octanol–water partition coefficient (Wildman–Crippen LogP) is 2.31. The van der Waals surface area contributed by atoms with Crippen LogP contribution >= 0.6 is 0 Å². The maximum absolute atomic E-state index is 11.9. The van der Waals surface area contributed by atoms with Gasteiger partial charge in [-0.25, -0.2) is 0 Å². The van der Waals surface area contributed by atoms with E-state index >= 15 is 0 Å². The molecule has 13 heavy (non-hydrogen) atoms. The van der Waals surface area contributed by atoms with Gasteiger partial charge in [0, 0.05) is 19.2 Å². The highest BCUT2D eigenvalue weighted by atomic mass is 19.4. The van der Waals surface area contributed by atoms with Crippen molar-refractivity contribution >= 4 is 0 Å². The molecule has 1 nitrogen and oxygen atoms in total. The maximum Gasteiger partial charge on any atom is 0.431 e. The first-order chi connectivity index (χ1) is 5.70. The molecule has 0 unspecified atom stereocenters. The lowest BCUT2D eigenvalue weighted by Gasteiger charge is -2.13. The number of hydrogen-bond acceptors (Lipinski definition) is 1. The summed E-state index contributed by atoms with van der Waals surface area (Å²) in [6.07, 6.45) is -10.6. The van der Waals surface area contributed by atoms with Crippen molar-refractivity contribution < 1.29 is 26.3 Å². The molecule has 0 atom stereocenters. The van der Waals surface area contributed by atoms with Gasteiger partial charge in [-0.3, -0.25) is 0 Å². The second-order valence-electron chi connectivity index (χ2n) is 2.56. The van der Waals surface area contributed by atoms with E-state index < -0.39 is 24.1 Å². The molecule has 1 rings (SSSR count). The number of allylic oxidation sites excluding steroid dienone is 2. The summed E-state index contributed by atoms with van der Waals surface area (Å²) in [5.74, 6) is 0. The van der Waals surface area contributed by atoms with Crippen molar-refractivity contribution in [3.63, 3.8) is 0 Å². The zero-order valence-electron chi connectivity index (χ0n) is 6.21. The SMILES string of the molecule is FC(F)(F)/C=C(/N1CC1)C(F)(F)F. The minimum Gasteiger partial charge on any atom is -0.364 e. The Morgan fingerprint density at radius 2 is 1.46 bits per heavy atom. The van der Waals surface area contributed by atoms with Gasteiger partial charge in [0.05, 0.1) is 0 Å². The van der Waals surface area contributed by atoms with Gasteiger partial charge in [0.15, 0.2) is 0 Å². The fraction of sp³-hybridized carbons (Fsp3) is 0.667. The van der Waals surface area contributed by atoms with E-state index in [1.54, 1.807) is 0 Å². The molecule has 0 aromatic heterocycles. The summed E-state index contributed by atoms with van der Waals surface area (Å²) in [4.78, 5) is 0.619. The van der Waals surface area contributed by atoms with E-state index in [1.807, 2.05) is 0 Å². The van der Waals surface area contributed by atoms with Crippen LogP contribution < -0.4 is 0 Å². The van der Waals surface area contributed by atoms with Crippen LogP contribution in [0.1, 0.15) is 0 Å². The summed E-state index contributed by atoms with van der Waals surface area (Å²) < 4.78 is 70.7. The Hall–Kier alpha value is -0.880. The normalized spacial score (nSPS) is 19.2. The van der Waals surface area contributed by atoms with Crippen molar-refractivity contribution in [1.82, 2.24) is 4.90 Å². The smallest absolute Gasteiger partial charge is 0.364 e. The third-order valence-electron chi connectivity index (χ3n) is 1.38. The van der Waals surface area contributed by atoms with Gasteiger partial charge in [-0.1, -0.05) is 0 Å². The van der Waals surface area contributed by atoms with E-state index in [9.17, 15) is 26.3 Å². The molecule has 1 fully saturated rings. The third kappa shape index (κ3) is 3.16. The van der Waals surface area contributed by atoms with Gasteiger partial charge in [0.25, 0.3) is 0 Å². The van der Waals surface area contributed by atoms with Gasteiger partial charge in [0.1, 0.15) is 5.70 Å². The van der Waals surface area contributed by atoms with E-state index in [1.165, 1.54) is 0 Å². The number of alkyl halides is 6. The number of nitrogens with zero attached hydrogens (tertiary/aromatic N) is 1. The van der Waals surface area contributed by atoms with Crippen LogP contribution in [0, 0.1) is 0 Å². The van der Waals surface area contributed by atoms with Gasteiger partial charge in [-0.2, -0.15) is 26.3 Å². The van der Waals surface area contributed by atoms with E-state index in [4.69, 9.17) is 0 Å². The summed E-state index contributed by atoms with van der Waals surface area (Å²) in [5.41, 5.74) is -1.61. The Kier molecular flexibility index (Phi) is 2.21. The molecule has 1 saturated heterocycles. The molecule has 1 heterocycles. The molecule has 7 heteroatoms. The number of rotatable bonds is 1. The third-order valence-corrected chi connectivity index (χ3v) is 1.38. The molecule has 0 spiro atoms. The molecule has 76 valence electrons. The molecule has 0 bridgehead atoms. The first kappa shape index (κ1) is 10.2. The first-order valence-corrected chi connectivity index (χ1v) is 3.32. The summed E-state index contributed by atoms with van der Waals surface area (Å²) in [7, 11) is 0. The van der Waals surface area contributed by atoms with Gasteiger partial charge < -0.3 is 4.90 Å². The van der Waals surface area contributed by atoms with Gasteiger partial charge in [-0.15, -0.1) is 0 Å². The van der Waals surface area contributed by atoms with E-state index in [2.05, 4.69) is 0 Å². The van der Waals surface area contributed by atoms with Crippen LogP contribution in [0.5, 0.6) is 0 Å². The monoisotopic (exact) mass is 205 g/mol. The molecule has 1 aliphatic heterocycles. The Morgan fingerprint density at radius 3 is 1.69 bits per heavy atom. The number of hydrogen-bond donors (Lipinski definition) is 0. The quantitative estimate of drug-likeness (QED) is 0.469. The molecule has 0 aliphatic carbocycles. The molecule has 0 saturated carbocycles. The van der Waals surface area contributed by atoms with Crippen molar-refractivity contribution in [1.29, 1.82) is 0 Å². The van der Waals surface area contributed by atoms with Crippen molar-refractivity contribution in [2.24, 2.45) is 0 Å². The second kappa shape index (κ2) is 2.81. The highest BCUT2D eigenvalue weighted by Crippen LogP contribution is 2.35. The fourth-order valence-corrected chi connectivity index (χ4v) is 0.798. The summed E-state index contributed by atoms with van der Waals surface area (Å²) >= 11 is 0. The fourth-order valence-electron chi connectivity index (χ4n) is 0.798. The van der Waals surface area contributed by atoms with Crippen molar-refractivity contribution in [3.8, 4) is 0 Å². The highest BCUT2D eigenvalue weighted by molar-refractivity contribution is 5.14. The lowest BCUT2D eigenvalue weighted by Crippen LogP contribution is -2.21. The molecule has 0 radical (unpaired) electrons. The van der Waals surface area contributed by atoms with E-state index in [-0.39, 0.29) is 13.1 Å². The zero-order chi connectivity index (χ0) is 10.3. The maximum atomic E-state index is 11.9. The molecular weight excluding hydrogens is 200 g/mol. The average molecular weight is 205 g/mol. The molecular formula is C6H5F6N. The van der Waals surface area contributed by atoms with Crippen LogP contribution in [0.15, 0.2) is 11.8 Å². The Morgan fingerprint density at radius 1 is 1.00 bits per heavy atom. The summed E-state index contributed by atoms with van der Waals surface area (Å²) in [6, 6.07) is 0. The molecule has 0 N–H and O–H groups in total.